The van der Waals surface area contributed by atoms with Gasteiger partial charge in [0.15, 0.2) is 0 Å². The summed E-state index contributed by atoms with van der Waals surface area (Å²) < 4.78 is 5.72. The van der Waals surface area contributed by atoms with E-state index in [2.05, 4.69) is 24.3 Å². The van der Waals surface area contributed by atoms with E-state index in [1.807, 2.05) is 60.4 Å². The maximum atomic E-state index is 13.2. The van der Waals surface area contributed by atoms with Crippen LogP contribution < -0.4 is 0 Å². The Balaban J connectivity index is 1.51. The van der Waals surface area contributed by atoms with Crippen LogP contribution in [0.2, 0.25) is 0 Å². The van der Waals surface area contributed by atoms with E-state index in [0.29, 0.717) is 19.0 Å². The molecule has 1 saturated carbocycles. The van der Waals surface area contributed by atoms with Crippen LogP contribution in [0.25, 0.3) is 0 Å². The molecule has 0 N–H and O–H groups in total. The molecule has 1 aliphatic rings. The lowest BCUT2D eigenvalue weighted by Gasteiger charge is -2.22. The molecular formula is C23H23NO2. The van der Waals surface area contributed by atoms with Crippen molar-refractivity contribution in [1.29, 1.82) is 0 Å². The molecule has 0 spiro atoms. The summed E-state index contributed by atoms with van der Waals surface area (Å²) in [6, 6.07) is 24.4. The number of benzene rings is 2. The largest absolute Gasteiger partial charge is 0.464 e. The van der Waals surface area contributed by atoms with Crippen LogP contribution in [0.4, 0.5) is 0 Å². The molecule has 2 atom stereocenters. The Morgan fingerprint density at radius 3 is 2.31 bits per heavy atom. The Hall–Kier alpha value is -2.81. The Morgan fingerprint density at radius 1 is 0.962 bits per heavy atom. The monoisotopic (exact) mass is 345 g/mol. The minimum absolute atomic E-state index is 0.0807. The lowest BCUT2D eigenvalue weighted by molar-refractivity contribution is -0.134. The Bertz CT molecular complexity index is 869. The summed E-state index contributed by atoms with van der Waals surface area (Å²) in [5, 5.41) is 0. The van der Waals surface area contributed by atoms with Crippen LogP contribution in [-0.2, 0) is 17.9 Å². The fraction of sp³-hybridized carbons (Fsp3) is 0.261. The molecule has 26 heavy (non-hydrogen) atoms. The van der Waals surface area contributed by atoms with Crippen molar-refractivity contribution in [1.82, 2.24) is 4.90 Å². The van der Waals surface area contributed by atoms with Crippen molar-refractivity contribution < 1.29 is 9.21 Å². The van der Waals surface area contributed by atoms with Crippen LogP contribution in [0, 0.1) is 12.8 Å². The maximum Gasteiger partial charge on any atom is 0.227 e. The molecule has 1 amide bonds. The SMILES string of the molecule is Cc1ccc(CN(Cc2ccccc2)C(=O)[C@H]2C[C@H]2c2ccccc2)o1. The van der Waals surface area contributed by atoms with Crippen molar-refractivity contribution >= 4 is 5.91 Å². The minimum atomic E-state index is 0.0807. The molecule has 3 aromatic rings. The molecule has 1 fully saturated rings. The zero-order chi connectivity index (χ0) is 17.9. The summed E-state index contributed by atoms with van der Waals surface area (Å²) in [6.07, 6.45) is 0.936. The third kappa shape index (κ3) is 3.72. The molecule has 0 radical (unpaired) electrons. The van der Waals surface area contributed by atoms with E-state index < -0.39 is 0 Å². The van der Waals surface area contributed by atoms with Crippen molar-refractivity contribution in [3.8, 4) is 0 Å². The first-order valence-corrected chi connectivity index (χ1v) is 9.13. The third-order valence-corrected chi connectivity index (χ3v) is 5.01. The highest BCUT2D eigenvalue weighted by Crippen LogP contribution is 2.48. The van der Waals surface area contributed by atoms with Crippen LogP contribution in [-0.4, -0.2) is 10.8 Å². The molecule has 3 heteroatoms. The highest BCUT2D eigenvalue weighted by Gasteiger charge is 2.45. The molecule has 0 aliphatic heterocycles. The Morgan fingerprint density at radius 2 is 1.65 bits per heavy atom. The lowest BCUT2D eigenvalue weighted by Crippen LogP contribution is -2.31. The lowest BCUT2D eigenvalue weighted by atomic mass is 10.1. The van der Waals surface area contributed by atoms with Gasteiger partial charge in [-0.15, -0.1) is 0 Å². The van der Waals surface area contributed by atoms with Gasteiger partial charge in [-0.2, -0.15) is 0 Å². The maximum absolute atomic E-state index is 13.2. The average Bonchev–Trinajstić information content (AvgIpc) is 3.38. The van der Waals surface area contributed by atoms with E-state index in [-0.39, 0.29) is 11.8 Å². The Labute approximate surface area is 154 Å². The molecule has 0 unspecified atom stereocenters. The van der Waals surface area contributed by atoms with Crippen molar-refractivity contribution in [3.63, 3.8) is 0 Å². The van der Waals surface area contributed by atoms with Crippen molar-refractivity contribution in [2.75, 3.05) is 0 Å². The van der Waals surface area contributed by atoms with Gasteiger partial charge in [0.2, 0.25) is 5.91 Å². The summed E-state index contributed by atoms with van der Waals surface area (Å²) in [5.41, 5.74) is 2.40. The molecule has 4 rings (SSSR count). The summed E-state index contributed by atoms with van der Waals surface area (Å²) in [5.74, 6) is 2.36. The molecule has 1 heterocycles. The zero-order valence-corrected chi connectivity index (χ0v) is 15.0. The first-order chi connectivity index (χ1) is 12.7. The van der Waals surface area contributed by atoms with E-state index >= 15 is 0 Å². The van der Waals surface area contributed by atoms with Gasteiger partial charge in [-0.05, 0) is 42.5 Å². The van der Waals surface area contributed by atoms with Crippen LogP contribution in [0.3, 0.4) is 0 Å². The quantitative estimate of drug-likeness (QED) is 0.635. The first-order valence-electron chi connectivity index (χ1n) is 9.13. The van der Waals surface area contributed by atoms with E-state index in [1.54, 1.807) is 0 Å². The summed E-state index contributed by atoms with van der Waals surface area (Å²) in [4.78, 5) is 15.1. The van der Waals surface area contributed by atoms with Crippen LogP contribution >= 0.6 is 0 Å². The van der Waals surface area contributed by atoms with Crippen LogP contribution in [0.15, 0.2) is 77.2 Å². The van der Waals surface area contributed by atoms with Gasteiger partial charge >= 0.3 is 0 Å². The number of nitrogens with zero attached hydrogens (tertiary/aromatic N) is 1. The fourth-order valence-electron chi connectivity index (χ4n) is 3.54. The normalized spacial score (nSPS) is 18.5. The average molecular weight is 345 g/mol. The number of rotatable bonds is 6. The number of carbonyl (C=O) groups excluding carboxylic acids is 1. The molecule has 132 valence electrons. The second kappa shape index (κ2) is 7.20. The topological polar surface area (TPSA) is 33.5 Å². The molecule has 3 nitrogen and oxygen atoms in total. The molecule has 2 aromatic carbocycles. The number of carbonyl (C=O) groups is 1. The minimum Gasteiger partial charge on any atom is -0.464 e. The molecule has 0 saturated heterocycles. The number of furan rings is 1. The zero-order valence-electron chi connectivity index (χ0n) is 15.0. The fourth-order valence-corrected chi connectivity index (χ4v) is 3.54. The molecule has 1 aromatic heterocycles. The van der Waals surface area contributed by atoms with Gasteiger partial charge in [0, 0.05) is 12.5 Å². The Kier molecular flexibility index (Phi) is 4.61. The van der Waals surface area contributed by atoms with Gasteiger partial charge in [-0.1, -0.05) is 60.7 Å². The molecule has 0 bridgehead atoms. The standard InChI is InChI=1S/C23H23NO2/c1-17-12-13-20(26-17)16-24(15-18-8-4-2-5-9-18)23(25)22-14-21(22)19-10-6-3-7-11-19/h2-13,21-22H,14-16H2,1H3/t21-,22-/m0/s1. The van der Waals surface area contributed by atoms with Crippen LogP contribution in [0.5, 0.6) is 0 Å². The number of hydrogen-bond acceptors (Lipinski definition) is 2. The molecular weight excluding hydrogens is 322 g/mol. The highest BCUT2D eigenvalue weighted by molar-refractivity contribution is 5.83. The first kappa shape index (κ1) is 16.6. The van der Waals surface area contributed by atoms with Gasteiger partial charge in [0.1, 0.15) is 11.5 Å². The van der Waals surface area contributed by atoms with E-state index in [9.17, 15) is 4.79 Å². The van der Waals surface area contributed by atoms with Gasteiger partial charge in [-0.25, -0.2) is 0 Å². The van der Waals surface area contributed by atoms with Crippen LogP contribution in [0.1, 0.15) is 35.0 Å². The highest BCUT2D eigenvalue weighted by atomic mass is 16.3. The van der Waals surface area contributed by atoms with E-state index in [1.165, 1.54) is 5.56 Å². The van der Waals surface area contributed by atoms with Crippen molar-refractivity contribution in [2.45, 2.75) is 32.4 Å². The van der Waals surface area contributed by atoms with Crippen molar-refractivity contribution in [2.24, 2.45) is 5.92 Å². The second-order valence-corrected chi connectivity index (χ2v) is 7.05. The van der Waals surface area contributed by atoms with Gasteiger partial charge in [0.05, 0.1) is 6.54 Å². The van der Waals surface area contributed by atoms with Gasteiger partial charge < -0.3 is 9.32 Å². The second-order valence-electron chi connectivity index (χ2n) is 7.05. The predicted octanol–water partition coefficient (Wildman–Crippen LogP) is 4.92. The molecule has 1 aliphatic carbocycles. The number of amides is 1. The van der Waals surface area contributed by atoms with E-state index in [0.717, 1.165) is 23.5 Å². The summed E-state index contributed by atoms with van der Waals surface area (Å²) >= 11 is 0. The van der Waals surface area contributed by atoms with Crippen molar-refractivity contribution in [3.05, 3.63) is 95.4 Å². The number of hydrogen-bond donors (Lipinski definition) is 0. The van der Waals surface area contributed by atoms with Gasteiger partial charge in [-0.3, -0.25) is 4.79 Å². The number of aryl methyl sites for hydroxylation is 1. The van der Waals surface area contributed by atoms with Gasteiger partial charge in [0.25, 0.3) is 0 Å². The predicted molar refractivity (Wildman–Crippen MR) is 101 cm³/mol. The third-order valence-electron chi connectivity index (χ3n) is 5.01. The smallest absolute Gasteiger partial charge is 0.227 e. The summed E-state index contributed by atoms with van der Waals surface area (Å²) in [6.45, 7) is 3.05. The van der Waals surface area contributed by atoms with E-state index in [4.69, 9.17) is 4.42 Å². The summed E-state index contributed by atoms with van der Waals surface area (Å²) in [7, 11) is 0.